The predicted molar refractivity (Wildman–Crippen MR) is 278 cm³/mol. The maximum atomic E-state index is 2.45. The van der Waals surface area contributed by atoms with Crippen LogP contribution in [0, 0.1) is 0 Å². The van der Waals surface area contributed by atoms with E-state index in [-0.39, 0.29) is 0 Å². The molecule has 12 aromatic rings. The fraction of sp³-hybridized carbons (Fsp3) is 0. The van der Waals surface area contributed by atoms with E-state index in [0.29, 0.717) is 0 Å². The van der Waals surface area contributed by atoms with Crippen molar-refractivity contribution >= 4 is 60.2 Å². The van der Waals surface area contributed by atoms with Gasteiger partial charge >= 0.3 is 0 Å². The average molecular weight is 826 g/mol. The van der Waals surface area contributed by atoms with Gasteiger partial charge in [0.05, 0.1) is 5.69 Å². The Hall–Kier alpha value is -8.52. The number of hydrogen-bond donors (Lipinski definition) is 0. The van der Waals surface area contributed by atoms with Crippen LogP contribution >= 0.6 is 0 Å². The van der Waals surface area contributed by atoms with Crippen molar-refractivity contribution in [3.63, 3.8) is 0 Å². The highest BCUT2D eigenvalue weighted by Crippen LogP contribution is 2.48. The Morgan fingerprint density at radius 3 is 1.34 bits per heavy atom. The van der Waals surface area contributed by atoms with Gasteiger partial charge in [-0.15, -0.1) is 0 Å². The van der Waals surface area contributed by atoms with Crippen LogP contribution in [0.2, 0.25) is 0 Å². The minimum absolute atomic E-state index is 1.09. The minimum atomic E-state index is 1.09. The Labute approximate surface area is 379 Å². The first kappa shape index (κ1) is 38.2. The molecule has 0 unspecified atom stereocenters. The molecule has 0 fully saturated rings. The molecule has 0 atom stereocenters. The van der Waals surface area contributed by atoms with Gasteiger partial charge in [-0.3, -0.25) is 0 Å². The van der Waals surface area contributed by atoms with Crippen LogP contribution in [-0.2, 0) is 0 Å². The Bertz CT molecular complexity index is 3660. The van der Waals surface area contributed by atoms with Crippen LogP contribution in [0.5, 0.6) is 0 Å². The van der Waals surface area contributed by atoms with Gasteiger partial charge in [-0.05, 0) is 124 Å². The highest BCUT2D eigenvalue weighted by Gasteiger charge is 2.22. The Morgan fingerprint density at radius 1 is 0.215 bits per heavy atom. The van der Waals surface area contributed by atoms with Gasteiger partial charge in [0.1, 0.15) is 0 Å². The molecule has 0 aliphatic heterocycles. The second-order valence-electron chi connectivity index (χ2n) is 16.8. The van der Waals surface area contributed by atoms with E-state index in [4.69, 9.17) is 0 Å². The summed E-state index contributed by atoms with van der Waals surface area (Å²) >= 11 is 0. The molecule has 0 aliphatic rings. The summed E-state index contributed by atoms with van der Waals surface area (Å²) in [6.45, 7) is 0. The quantitative estimate of drug-likeness (QED) is 0.138. The number of nitrogens with zero attached hydrogens (tertiary/aromatic N) is 1. The van der Waals surface area contributed by atoms with Crippen LogP contribution in [0.1, 0.15) is 0 Å². The molecule has 0 amide bonds. The van der Waals surface area contributed by atoms with Gasteiger partial charge in [0.25, 0.3) is 0 Å². The standard InChI is InChI=1S/C64H43N/c1-4-17-46(18-5-1)55-41-42-62(59-28-14-12-26-56(55)59)65(51-37-35-45(36-38-51)44-31-33-48(34-32-44)54-30-16-24-47-19-10-11-25-53(47)54)52-39-40-58-57-27-13-15-29-60(57)63(49-20-6-2-7-21-49)64(61(58)43-52)50-22-8-3-9-23-50/h1-43H. The Kier molecular flexibility index (Phi) is 9.58. The van der Waals surface area contributed by atoms with Crippen molar-refractivity contribution in [3.8, 4) is 55.6 Å². The minimum Gasteiger partial charge on any atom is -0.310 e. The van der Waals surface area contributed by atoms with E-state index < -0.39 is 0 Å². The molecule has 0 aliphatic carbocycles. The molecule has 12 aromatic carbocycles. The third kappa shape index (κ3) is 6.82. The van der Waals surface area contributed by atoms with Crippen LogP contribution < -0.4 is 4.90 Å². The molecule has 0 N–H and O–H groups in total. The molecule has 0 saturated carbocycles. The highest BCUT2D eigenvalue weighted by atomic mass is 15.1. The van der Waals surface area contributed by atoms with Crippen molar-refractivity contribution in [1.82, 2.24) is 0 Å². The van der Waals surface area contributed by atoms with Crippen LogP contribution in [-0.4, -0.2) is 0 Å². The SMILES string of the molecule is c1ccc(-c2ccc(N(c3ccc(-c4ccc(-c5cccc6ccccc56)cc4)cc3)c3ccc4c(c3)c(-c3ccccc3)c(-c3ccccc3)c3ccccc34)c3ccccc23)cc1. The fourth-order valence-corrected chi connectivity index (χ4v) is 10.0. The van der Waals surface area contributed by atoms with Gasteiger partial charge in [0.15, 0.2) is 0 Å². The van der Waals surface area contributed by atoms with E-state index >= 15 is 0 Å². The summed E-state index contributed by atoms with van der Waals surface area (Å²) < 4.78 is 0. The Balaban J connectivity index is 1.06. The molecular formula is C64H43N. The summed E-state index contributed by atoms with van der Waals surface area (Å²) in [5.41, 5.74) is 15.4. The summed E-state index contributed by atoms with van der Waals surface area (Å²) in [6.07, 6.45) is 0. The first-order chi connectivity index (χ1) is 32.3. The van der Waals surface area contributed by atoms with Gasteiger partial charge < -0.3 is 4.90 Å². The lowest BCUT2D eigenvalue weighted by atomic mass is 9.85. The summed E-state index contributed by atoms with van der Waals surface area (Å²) in [4.78, 5) is 2.45. The van der Waals surface area contributed by atoms with Crippen molar-refractivity contribution in [2.75, 3.05) is 4.90 Å². The second kappa shape index (κ2) is 16.3. The lowest BCUT2D eigenvalue weighted by Crippen LogP contribution is -2.11. The number of anilines is 3. The number of hydrogen-bond acceptors (Lipinski definition) is 1. The van der Waals surface area contributed by atoms with Gasteiger partial charge in [-0.2, -0.15) is 0 Å². The fourth-order valence-electron chi connectivity index (χ4n) is 10.0. The second-order valence-corrected chi connectivity index (χ2v) is 16.8. The van der Waals surface area contributed by atoms with Gasteiger partial charge in [-0.1, -0.05) is 231 Å². The van der Waals surface area contributed by atoms with Gasteiger partial charge in [0.2, 0.25) is 0 Å². The van der Waals surface area contributed by atoms with Crippen molar-refractivity contribution < 1.29 is 0 Å². The van der Waals surface area contributed by atoms with E-state index in [1.165, 1.54) is 98.7 Å². The van der Waals surface area contributed by atoms with Gasteiger partial charge in [-0.25, -0.2) is 0 Å². The largest absolute Gasteiger partial charge is 0.310 e. The predicted octanol–water partition coefficient (Wildman–Crippen LogP) is 18.1. The Morgan fingerprint density at radius 2 is 0.662 bits per heavy atom. The van der Waals surface area contributed by atoms with E-state index in [2.05, 4.69) is 266 Å². The molecule has 304 valence electrons. The molecule has 0 aromatic heterocycles. The zero-order valence-corrected chi connectivity index (χ0v) is 35.8. The molecule has 0 radical (unpaired) electrons. The summed E-state index contributed by atoms with van der Waals surface area (Å²) in [5, 5.41) is 9.86. The van der Waals surface area contributed by atoms with Crippen molar-refractivity contribution in [2.24, 2.45) is 0 Å². The third-order valence-electron chi connectivity index (χ3n) is 13.1. The normalized spacial score (nSPS) is 11.4. The lowest BCUT2D eigenvalue weighted by molar-refractivity contribution is 1.30. The molecular weight excluding hydrogens is 783 g/mol. The molecule has 1 heteroatoms. The van der Waals surface area contributed by atoms with E-state index in [1.54, 1.807) is 0 Å². The van der Waals surface area contributed by atoms with Crippen LogP contribution in [0.3, 0.4) is 0 Å². The van der Waals surface area contributed by atoms with E-state index in [1.807, 2.05) is 0 Å². The number of benzene rings is 12. The summed E-state index contributed by atoms with van der Waals surface area (Å²) in [7, 11) is 0. The first-order valence-corrected chi connectivity index (χ1v) is 22.4. The monoisotopic (exact) mass is 825 g/mol. The van der Waals surface area contributed by atoms with Crippen molar-refractivity contribution in [1.29, 1.82) is 0 Å². The molecule has 0 spiro atoms. The molecule has 0 saturated heterocycles. The molecule has 0 bridgehead atoms. The zero-order chi connectivity index (χ0) is 43.1. The van der Waals surface area contributed by atoms with Crippen LogP contribution in [0.15, 0.2) is 261 Å². The van der Waals surface area contributed by atoms with E-state index in [0.717, 1.165) is 17.1 Å². The van der Waals surface area contributed by atoms with Crippen molar-refractivity contribution in [3.05, 3.63) is 261 Å². The number of rotatable bonds is 8. The molecule has 12 rings (SSSR count). The smallest absolute Gasteiger partial charge is 0.0540 e. The first-order valence-electron chi connectivity index (χ1n) is 22.4. The van der Waals surface area contributed by atoms with Crippen LogP contribution in [0.25, 0.3) is 98.7 Å². The van der Waals surface area contributed by atoms with Crippen molar-refractivity contribution in [2.45, 2.75) is 0 Å². The third-order valence-corrected chi connectivity index (χ3v) is 13.1. The molecule has 65 heavy (non-hydrogen) atoms. The maximum absolute atomic E-state index is 2.45. The topological polar surface area (TPSA) is 3.24 Å². The summed E-state index contributed by atoms with van der Waals surface area (Å²) in [6, 6.07) is 95.3. The summed E-state index contributed by atoms with van der Waals surface area (Å²) in [5.74, 6) is 0. The zero-order valence-electron chi connectivity index (χ0n) is 35.8. The number of fused-ring (bicyclic) bond motifs is 5. The lowest BCUT2D eigenvalue weighted by Gasteiger charge is -2.29. The molecule has 1 nitrogen and oxygen atoms in total. The highest BCUT2D eigenvalue weighted by molar-refractivity contribution is 6.22. The molecule has 0 heterocycles. The van der Waals surface area contributed by atoms with E-state index in [9.17, 15) is 0 Å². The van der Waals surface area contributed by atoms with Gasteiger partial charge in [0, 0.05) is 16.8 Å². The maximum Gasteiger partial charge on any atom is 0.0540 e. The van der Waals surface area contributed by atoms with Crippen LogP contribution in [0.4, 0.5) is 17.1 Å². The average Bonchev–Trinajstić information content (AvgIpc) is 3.39.